The zero-order chi connectivity index (χ0) is 40.5. The highest BCUT2D eigenvalue weighted by Gasteiger charge is 2.28. The Labute approximate surface area is 330 Å². The molecule has 3 atom stereocenters. The lowest BCUT2D eigenvalue weighted by Gasteiger charge is -2.24. The van der Waals surface area contributed by atoms with Gasteiger partial charge in [-0.1, -0.05) is 106 Å². The number of hydrogen-bond donors (Lipinski definition) is 5. The highest BCUT2D eigenvalue weighted by Crippen LogP contribution is 2.35. The lowest BCUT2D eigenvalue weighted by Crippen LogP contribution is -2.54. The monoisotopic (exact) mass is 764 g/mol. The number of carbonyl (C=O) groups is 3. The quantitative estimate of drug-likeness (QED) is 0.0572. The van der Waals surface area contributed by atoms with E-state index in [2.05, 4.69) is 29.7 Å². The van der Waals surface area contributed by atoms with Crippen molar-refractivity contribution in [1.29, 1.82) is 0 Å². The molecule has 0 spiro atoms. The number of aromatic hydroxyl groups is 1. The van der Waals surface area contributed by atoms with Crippen LogP contribution in [0.1, 0.15) is 55.9 Å². The molecule has 0 saturated heterocycles. The summed E-state index contributed by atoms with van der Waals surface area (Å²) in [6.07, 6.45) is -0.00295. The molecule has 56 heavy (non-hydrogen) atoms. The van der Waals surface area contributed by atoms with Crippen molar-refractivity contribution in [3.8, 4) is 11.5 Å². The van der Waals surface area contributed by atoms with Crippen LogP contribution in [0.2, 0.25) is 0 Å². The summed E-state index contributed by atoms with van der Waals surface area (Å²) >= 11 is 0. The van der Waals surface area contributed by atoms with Gasteiger partial charge in [-0.25, -0.2) is 0 Å². The molecular formula is C45H56N4O7. The van der Waals surface area contributed by atoms with Gasteiger partial charge in [-0.15, -0.1) is 0 Å². The second-order valence-electron chi connectivity index (χ2n) is 14.1. The third-order valence-electron chi connectivity index (χ3n) is 9.30. The fraction of sp³-hybridized carbons (Fsp3) is 0.356. The molecule has 11 nitrogen and oxygen atoms in total. The Bertz CT molecular complexity index is 1850. The molecule has 298 valence electrons. The van der Waals surface area contributed by atoms with Gasteiger partial charge in [0, 0.05) is 19.6 Å². The average Bonchev–Trinajstić information content (AvgIpc) is 3.20. The molecule has 0 aliphatic carbocycles. The van der Waals surface area contributed by atoms with Gasteiger partial charge in [-0.2, -0.15) is 0 Å². The van der Waals surface area contributed by atoms with Crippen LogP contribution in [0.25, 0.3) is 11.1 Å². The summed E-state index contributed by atoms with van der Waals surface area (Å²) in [5.74, 6) is -0.389. The Kier molecular flexibility index (Phi) is 17.1. The number of nitrogens with two attached hydrogens (primary N) is 1. The summed E-state index contributed by atoms with van der Waals surface area (Å²) in [4.78, 5) is 40.0. The van der Waals surface area contributed by atoms with E-state index in [9.17, 15) is 24.6 Å². The first-order valence-electron chi connectivity index (χ1n) is 19.1. The van der Waals surface area contributed by atoms with Crippen LogP contribution in [-0.2, 0) is 25.5 Å². The second kappa shape index (κ2) is 22.2. The summed E-state index contributed by atoms with van der Waals surface area (Å²) in [7, 11) is 1.67. The topological polar surface area (TPSA) is 163 Å². The summed E-state index contributed by atoms with van der Waals surface area (Å²) in [6.45, 7) is 6.65. The first kappa shape index (κ1) is 43.2. The standard InChI is InChI=1S/C45H56N4O7/c1-5-38(33-14-10-7-11-15-33)42(34-16-20-36(50)21-17-34)35-18-22-37(23-19-35)56-27-25-49(4)41(51)30-55-26-24-47-44(53)40(28-31(2)3)48-45(54)43(52)39(46)29-32-12-8-6-9-13-32/h6-23,31,39-40,43,50,52H,5,24-30,46H2,1-4H3,(H,47,53)(H,48,54)/b42-38-/t39-,40+,43+/m1/s1. The Morgan fingerprint density at radius 3 is 2.02 bits per heavy atom. The molecule has 0 aliphatic rings. The zero-order valence-electron chi connectivity index (χ0n) is 32.8. The normalized spacial score (nSPS) is 13.3. The molecule has 6 N–H and O–H groups in total. The van der Waals surface area contributed by atoms with Crippen LogP contribution in [0, 0.1) is 5.92 Å². The van der Waals surface area contributed by atoms with E-state index in [1.165, 1.54) is 10.5 Å². The van der Waals surface area contributed by atoms with Crippen molar-refractivity contribution < 1.29 is 34.1 Å². The number of nitrogens with zero attached hydrogens (tertiary/aromatic N) is 1. The number of phenolic OH excluding ortho intramolecular Hbond substituents is 1. The van der Waals surface area contributed by atoms with Crippen molar-refractivity contribution in [2.24, 2.45) is 11.7 Å². The third-order valence-corrected chi connectivity index (χ3v) is 9.30. The van der Waals surface area contributed by atoms with Crippen molar-refractivity contribution in [2.45, 2.75) is 58.2 Å². The number of nitrogens with one attached hydrogen (secondary N) is 2. The molecule has 0 radical (unpaired) electrons. The number of rotatable bonds is 21. The van der Waals surface area contributed by atoms with Crippen molar-refractivity contribution in [3.63, 3.8) is 0 Å². The maximum atomic E-state index is 13.0. The molecule has 0 fully saturated rings. The summed E-state index contributed by atoms with van der Waals surface area (Å²) in [6, 6.07) is 33.0. The second-order valence-corrected chi connectivity index (χ2v) is 14.1. The molecule has 3 amide bonds. The van der Waals surface area contributed by atoms with E-state index < -0.39 is 30.0 Å². The molecule has 4 rings (SSSR count). The highest BCUT2D eigenvalue weighted by atomic mass is 16.5. The fourth-order valence-electron chi connectivity index (χ4n) is 6.24. The van der Waals surface area contributed by atoms with Crippen molar-refractivity contribution in [1.82, 2.24) is 15.5 Å². The lowest BCUT2D eigenvalue weighted by atomic mass is 9.88. The van der Waals surface area contributed by atoms with Gasteiger partial charge in [0.2, 0.25) is 11.8 Å². The van der Waals surface area contributed by atoms with Gasteiger partial charge in [0.15, 0.2) is 0 Å². The van der Waals surface area contributed by atoms with Gasteiger partial charge < -0.3 is 41.0 Å². The minimum absolute atomic E-state index is 0.0890. The van der Waals surface area contributed by atoms with E-state index in [0.29, 0.717) is 25.1 Å². The molecular weight excluding hydrogens is 709 g/mol. The Hall–Kier alpha value is -5.49. The number of amides is 3. The van der Waals surface area contributed by atoms with E-state index in [1.807, 2.05) is 98.8 Å². The maximum absolute atomic E-state index is 13.0. The van der Waals surface area contributed by atoms with Gasteiger partial charge in [-0.05, 0) is 82.8 Å². The summed E-state index contributed by atoms with van der Waals surface area (Å²) < 4.78 is 11.5. The minimum Gasteiger partial charge on any atom is -0.508 e. The van der Waals surface area contributed by atoms with Crippen LogP contribution < -0.4 is 21.1 Å². The molecule has 11 heteroatoms. The number of benzene rings is 4. The number of allylic oxidation sites excluding steroid dienone is 1. The summed E-state index contributed by atoms with van der Waals surface area (Å²) in [5, 5.41) is 25.9. The molecule has 0 saturated carbocycles. The van der Waals surface area contributed by atoms with Gasteiger partial charge in [-0.3, -0.25) is 14.4 Å². The van der Waals surface area contributed by atoms with E-state index in [0.717, 1.165) is 34.2 Å². The van der Waals surface area contributed by atoms with Crippen molar-refractivity contribution in [3.05, 3.63) is 131 Å². The number of aliphatic hydroxyl groups is 1. The van der Waals surface area contributed by atoms with Crippen LogP contribution in [-0.4, -0.2) is 91.0 Å². The smallest absolute Gasteiger partial charge is 0.251 e. The Morgan fingerprint density at radius 1 is 0.804 bits per heavy atom. The third kappa shape index (κ3) is 13.4. The first-order chi connectivity index (χ1) is 27.0. The number of likely N-dealkylation sites (N-methyl/N-ethyl adjacent to an activating group) is 1. The molecule has 0 heterocycles. The molecule has 0 aliphatic heterocycles. The predicted octanol–water partition coefficient (Wildman–Crippen LogP) is 5.19. The van der Waals surface area contributed by atoms with Gasteiger partial charge in [0.05, 0.1) is 13.2 Å². The number of phenols is 1. The van der Waals surface area contributed by atoms with E-state index in [1.54, 1.807) is 19.2 Å². The maximum Gasteiger partial charge on any atom is 0.251 e. The highest BCUT2D eigenvalue weighted by molar-refractivity contribution is 5.98. The average molecular weight is 765 g/mol. The molecule has 0 aromatic heterocycles. The van der Waals surface area contributed by atoms with Crippen LogP contribution in [0.4, 0.5) is 0 Å². The van der Waals surface area contributed by atoms with E-state index in [4.69, 9.17) is 15.2 Å². The van der Waals surface area contributed by atoms with Crippen LogP contribution in [0.15, 0.2) is 109 Å². The van der Waals surface area contributed by atoms with Gasteiger partial charge in [0.25, 0.3) is 5.91 Å². The minimum atomic E-state index is -1.48. The molecule has 0 bridgehead atoms. The SMILES string of the molecule is CC/C(=C(\c1ccc(O)cc1)c1ccc(OCCN(C)C(=O)COCCNC(=O)[C@H](CC(C)C)NC(=O)[C@@H](O)[C@H](N)Cc2ccccc2)cc1)c1ccccc1. The summed E-state index contributed by atoms with van der Waals surface area (Å²) in [5.41, 5.74) is 12.4. The van der Waals surface area contributed by atoms with Crippen LogP contribution >= 0.6 is 0 Å². The molecule has 0 unspecified atom stereocenters. The van der Waals surface area contributed by atoms with Crippen molar-refractivity contribution in [2.75, 3.05) is 40.0 Å². The van der Waals surface area contributed by atoms with E-state index in [-0.39, 0.29) is 43.9 Å². The van der Waals surface area contributed by atoms with Crippen LogP contribution in [0.3, 0.4) is 0 Å². The van der Waals surface area contributed by atoms with Gasteiger partial charge in [0.1, 0.15) is 36.9 Å². The Balaban J connectivity index is 1.21. The number of ether oxygens (including phenoxy) is 2. The first-order valence-corrected chi connectivity index (χ1v) is 19.1. The van der Waals surface area contributed by atoms with Gasteiger partial charge >= 0.3 is 0 Å². The number of carbonyl (C=O) groups excluding carboxylic acids is 3. The molecule has 4 aromatic carbocycles. The van der Waals surface area contributed by atoms with Crippen LogP contribution in [0.5, 0.6) is 11.5 Å². The number of hydrogen-bond acceptors (Lipinski definition) is 8. The predicted molar refractivity (Wildman–Crippen MR) is 220 cm³/mol. The number of aliphatic hydroxyl groups excluding tert-OH is 1. The zero-order valence-corrected chi connectivity index (χ0v) is 32.8. The largest absolute Gasteiger partial charge is 0.508 e. The van der Waals surface area contributed by atoms with Crippen molar-refractivity contribution >= 4 is 28.9 Å². The molecule has 4 aromatic rings. The lowest BCUT2D eigenvalue weighted by molar-refractivity contribution is -0.136. The Morgan fingerprint density at radius 2 is 1.41 bits per heavy atom. The fourth-order valence-corrected chi connectivity index (χ4v) is 6.24. The van der Waals surface area contributed by atoms with E-state index >= 15 is 0 Å².